The number of aromatic nitrogens is 2. The van der Waals surface area contributed by atoms with Crippen LogP contribution in [0.3, 0.4) is 0 Å². The molecule has 0 saturated carbocycles. The number of hydrogen-bond acceptors (Lipinski definition) is 6. The van der Waals surface area contributed by atoms with Gasteiger partial charge >= 0.3 is 0 Å². The van der Waals surface area contributed by atoms with Gasteiger partial charge in [-0.1, -0.05) is 12.1 Å². The Morgan fingerprint density at radius 1 is 1.15 bits per heavy atom. The maximum absolute atomic E-state index is 13.1. The third-order valence-electron chi connectivity index (χ3n) is 4.80. The first-order chi connectivity index (χ1) is 13.1. The number of nitrogens with zero attached hydrogens (tertiary/aromatic N) is 3. The normalized spacial score (nSPS) is 15.5. The Bertz CT molecular complexity index is 937. The van der Waals surface area contributed by atoms with Crippen LogP contribution in [-0.4, -0.2) is 41.2 Å². The third kappa shape index (κ3) is 4.32. The number of morpholine rings is 1. The lowest BCUT2D eigenvalue weighted by atomic mass is 10.2. The van der Waals surface area contributed by atoms with E-state index in [1.54, 1.807) is 23.1 Å². The van der Waals surface area contributed by atoms with E-state index in [0.717, 1.165) is 65.2 Å². The van der Waals surface area contributed by atoms with E-state index in [9.17, 15) is 4.39 Å². The van der Waals surface area contributed by atoms with Gasteiger partial charge in [0.1, 0.15) is 21.5 Å². The number of fused-ring (bicyclic) bond motifs is 1. The summed E-state index contributed by atoms with van der Waals surface area (Å²) in [5, 5.41) is 2.18. The standard InChI is InChI=1S/C20H22FN3OS2/c1-13-14(2)27-20-18(13)19(26-12-15-3-5-16(21)6-4-15)22-17(23-20)11-24-7-9-25-10-8-24/h3-6H,7-12H2,1-2H3. The molecule has 27 heavy (non-hydrogen) atoms. The van der Waals surface area contributed by atoms with E-state index in [1.165, 1.54) is 22.6 Å². The average Bonchev–Trinajstić information content (AvgIpc) is 2.96. The summed E-state index contributed by atoms with van der Waals surface area (Å²) < 4.78 is 18.6. The number of rotatable bonds is 5. The van der Waals surface area contributed by atoms with Crippen LogP contribution in [0.1, 0.15) is 21.8 Å². The molecule has 3 aromatic rings. The van der Waals surface area contributed by atoms with Gasteiger partial charge < -0.3 is 4.74 Å². The predicted molar refractivity (Wildman–Crippen MR) is 109 cm³/mol. The molecule has 0 radical (unpaired) electrons. The van der Waals surface area contributed by atoms with Gasteiger partial charge in [-0.25, -0.2) is 14.4 Å². The monoisotopic (exact) mass is 403 g/mol. The summed E-state index contributed by atoms with van der Waals surface area (Å²) >= 11 is 3.44. The fraction of sp³-hybridized carbons (Fsp3) is 0.400. The van der Waals surface area contributed by atoms with Crippen molar-refractivity contribution >= 4 is 33.3 Å². The Kier molecular flexibility index (Phi) is 5.73. The van der Waals surface area contributed by atoms with Gasteiger partial charge in [0.2, 0.25) is 0 Å². The van der Waals surface area contributed by atoms with Crippen LogP contribution in [0.25, 0.3) is 10.2 Å². The molecule has 0 spiro atoms. The van der Waals surface area contributed by atoms with Crippen molar-refractivity contribution in [3.63, 3.8) is 0 Å². The summed E-state index contributed by atoms with van der Waals surface area (Å²) in [4.78, 5) is 14.4. The molecule has 0 bridgehead atoms. The minimum absolute atomic E-state index is 0.203. The Morgan fingerprint density at radius 3 is 2.63 bits per heavy atom. The molecule has 4 nitrogen and oxygen atoms in total. The van der Waals surface area contributed by atoms with Gasteiger partial charge in [-0.2, -0.15) is 0 Å². The molecule has 4 rings (SSSR count). The first-order valence-electron chi connectivity index (χ1n) is 9.04. The van der Waals surface area contributed by atoms with Gasteiger partial charge in [0.05, 0.1) is 19.8 Å². The Hall–Kier alpha value is -1.54. The molecule has 2 aromatic heterocycles. The largest absolute Gasteiger partial charge is 0.379 e. The van der Waals surface area contributed by atoms with Crippen LogP contribution in [0.4, 0.5) is 4.39 Å². The molecular formula is C20H22FN3OS2. The van der Waals surface area contributed by atoms with Gasteiger partial charge in [-0.3, -0.25) is 4.90 Å². The zero-order chi connectivity index (χ0) is 18.8. The molecule has 0 N–H and O–H groups in total. The summed E-state index contributed by atoms with van der Waals surface area (Å²) in [5.74, 6) is 1.43. The molecule has 1 aromatic carbocycles. The highest BCUT2D eigenvalue weighted by molar-refractivity contribution is 7.98. The summed E-state index contributed by atoms with van der Waals surface area (Å²) in [6.07, 6.45) is 0. The summed E-state index contributed by atoms with van der Waals surface area (Å²) in [7, 11) is 0. The molecule has 0 unspecified atom stereocenters. The van der Waals surface area contributed by atoms with Crippen LogP contribution in [0, 0.1) is 19.7 Å². The van der Waals surface area contributed by atoms with Crippen LogP contribution in [0.2, 0.25) is 0 Å². The van der Waals surface area contributed by atoms with Crippen molar-refractivity contribution in [1.29, 1.82) is 0 Å². The van der Waals surface area contributed by atoms with Crippen molar-refractivity contribution in [2.24, 2.45) is 0 Å². The molecule has 1 aliphatic rings. The topological polar surface area (TPSA) is 38.2 Å². The number of thioether (sulfide) groups is 1. The molecular weight excluding hydrogens is 381 g/mol. The van der Waals surface area contributed by atoms with E-state index < -0.39 is 0 Å². The minimum atomic E-state index is -0.203. The highest BCUT2D eigenvalue weighted by Crippen LogP contribution is 2.36. The van der Waals surface area contributed by atoms with Crippen molar-refractivity contribution < 1.29 is 9.13 Å². The average molecular weight is 404 g/mol. The molecule has 0 atom stereocenters. The molecule has 1 aliphatic heterocycles. The van der Waals surface area contributed by atoms with Crippen molar-refractivity contribution in [2.75, 3.05) is 26.3 Å². The predicted octanol–water partition coefficient (Wildman–Crippen LogP) is 4.57. The van der Waals surface area contributed by atoms with Crippen molar-refractivity contribution in [2.45, 2.75) is 31.2 Å². The van der Waals surface area contributed by atoms with Gasteiger partial charge in [0.25, 0.3) is 0 Å². The molecule has 0 aliphatic carbocycles. The van der Waals surface area contributed by atoms with Gasteiger partial charge in [-0.05, 0) is 37.1 Å². The lowest BCUT2D eigenvalue weighted by Crippen LogP contribution is -2.36. The lowest BCUT2D eigenvalue weighted by molar-refractivity contribution is 0.0330. The minimum Gasteiger partial charge on any atom is -0.379 e. The molecule has 3 heterocycles. The molecule has 0 amide bonds. The quantitative estimate of drug-likeness (QED) is 0.461. The highest BCUT2D eigenvalue weighted by atomic mass is 32.2. The van der Waals surface area contributed by atoms with Crippen molar-refractivity contribution in [1.82, 2.24) is 14.9 Å². The van der Waals surface area contributed by atoms with Crippen LogP contribution in [0.5, 0.6) is 0 Å². The van der Waals surface area contributed by atoms with Crippen LogP contribution in [-0.2, 0) is 17.0 Å². The summed E-state index contributed by atoms with van der Waals surface area (Å²) in [5.41, 5.74) is 2.35. The number of halogens is 1. The third-order valence-corrected chi connectivity index (χ3v) is 6.95. The number of aryl methyl sites for hydroxylation is 2. The zero-order valence-electron chi connectivity index (χ0n) is 15.5. The van der Waals surface area contributed by atoms with Gasteiger partial charge in [-0.15, -0.1) is 23.1 Å². The van der Waals surface area contributed by atoms with Crippen LogP contribution >= 0.6 is 23.1 Å². The van der Waals surface area contributed by atoms with Crippen LogP contribution in [0.15, 0.2) is 29.3 Å². The van der Waals surface area contributed by atoms with Crippen LogP contribution < -0.4 is 0 Å². The number of hydrogen-bond donors (Lipinski definition) is 0. The van der Waals surface area contributed by atoms with Crippen molar-refractivity contribution in [3.05, 3.63) is 51.9 Å². The van der Waals surface area contributed by atoms with E-state index in [4.69, 9.17) is 14.7 Å². The second-order valence-electron chi connectivity index (χ2n) is 6.71. The van der Waals surface area contributed by atoms with E-state index in [-0.39, 0.29) is 5.82 Å². The second kappa shape index (κ2) is 8.22. The number of benzene rings is 1. The zero-order valence-corrected chi connectivity index (χ0v) is 17.1. The molecule has 7 heteroatoms. The highest BCUT2D eigenvalue weighted by Gasteiger charge is 2.18. The Balaban J connectivity index is 1.62. The Labute approximate surface area is 166 Å². The first kappa shape index (κ1) is 18.8. The fourth-order valence-electron chi connectivity index (χ4n) is 3.12. The Morgan fingerprint density at radius 2 is 1.89 bits per heavy atom. The smallest absolute Gasteiger partial charge is 0.145 e. The fourth-order valence-corrected chi connectivity index (χ4v) is 5.29. The van der Waals surface area contributed by atoms with Crippen molar-refractivity contribution in [3.8, 4) is 0 Å². The maximum atomic E-state index is 13.1. The van der Waals surface area contributed by atoms with E-state index in [0.29, 0.717) is 0 Å². The SMILES string of the molecule is Cc1sc2nc(CN3CCOCC3)nc(SCc3ccc(F)cc3)c2c1C. The van der Waals surface area contributed by atoms with E-state index in [2.05, 4.69) is 18.7 Å². The molecule has 1 saturated heterocycles. The second-order valence-corrected chi connectivity index (χ2v) is 8.88. The molecule has 142 valence electrons. The summed E-state index contributed by atoms with van der Waals surface area (Å²) in [6, 6.07) is 6.69. The number of thiophene rings is 1. The molecule has 1 fully saturated rings. The first-order valence-corrected chi connectivity index (χ1v) is 10.8. The van der Waals surface area contributed by atoms with E-state index >= 15 is 0 Å². The van der Waals surface area contributed by atoms with Gasteiger partial charge in [0, 0.05) is 29.1 Å². The maximum Gasteiger partial charge on any atom is 0.145 e. The lowest BCUT2D eigenvalue weighted by Gasteiger charge is -2.25. The van der Waals surface area contributed by atoms with Gasteiger partial charge in [0.15, 0.2) is 0 Å². The number of ether oxygens (including phenoxy) is 1. The van der Waals surface area contributed by atoms with E-state index in [1.807, 2.05) is 12.1 Å². The summed E-state index contributed by atoms with van der Waals surface area (Å²) in [6.45, 7) is 8.40.